The van der Waals surface area contributed by atoms with Crippen LogP contribution in [0.5, 0.6) is 5.75 Å². The molecule has 4 heterocycles. The Balaban J connectivity index is 1.32. The maximum atomic E-state index is 13.7. The Morgan fingerprint density at radius 3 is 2.53 bits per heavy atom. The number of fused-ring (bicyclic) bond motifs is 1. The molecule has 2 aliphatic rings. The zero-order valence-corrected chi connectivity index (χ0v) is 26.6. The summed E-state index contributed by atoms with van der Waals surface area (Å²) in [4.78, 5) is 74.5. The van der Waals surface area contributed by atoms with Crippen LogP contribution < -0.4 is 9.75 Å². The summed E-state index contributed by atoms with van der Waals surface area (Å²) in [5.74, 6) is -2.72. The number of ketones is 1. The molecule has 0 aliphatic carbocycles. The number of Topliss-reactive ketones (excluding diaryl/α,β-unsaturated/α-hetero) is 1. The van der Waals surface area contributed by atoms with Gasteiger partial charge in [0.15, 0.2) is 5.82 Å². The number of benzene rings is 1. The molecular formula is C33H36N6O8. The number of H-pyrrole nitrogens is 1. The molecule has 14 heteroatoms. The number of ether oxygens (including phenoxy) is 2. The fourth-order valence-corrected chi connectivity index (χ4v) is 5.45. The molecule has 246 valence electrons. The number of methoxy groups -OCH3 is 1. The lowest BCUT2D eigenvalue weighted by Crippen LogP contribution is -2.56. The summed E-state index contributed by atoms with van der Waals surface area (Å²) in [6, 6.07) is 8.62. The molecule has 3 aromatic rings. The molecule has 2 amide bonds. The van der Waals surface area contributed by atoms with E-state index in [-0.39, 0.29) is 55.9 Å². The van der Waals surface area contributed by atoms with Crippen LogP contribution in [-0.4, -0.2) is 106 Å². The molecule has 0 spiro atoms. The van der Waals surface area contributed by atoms with E-state index in [0.29, 0.717) is 34.5 Å². The molecule has 0 radical (unpaired) electrons. The van der Waals surface area contributed by atoms with Crippen LogP contribution in [0.15, 0.2) is 60.0 Å². The Kier molecular flexibility index (Phi) is 9.40. The van der Waals surface area contributed by atoms with Crippen molar-refractivity contribution in [3.63, 3.8) is 0 Å². The smallest absolute Gasteiger partial charge is 0.309 e. The maximum absolute atomic E-state index is 13.7. The van der Waals surface area contributed by atoms with Gasteiger partial charge in [0, 0.05) is 37.4 Å². The van der Waals surface area contributed by atoms with Crippen molar-refractivity contribution >= 4 is 52.0 Å². The first kappa shape index (κ1) is 32.9. The van der Waals surface area contributed by atoms with Gasteiger partial charge in [-0.2, -0.15) is 5.10 Å². The number of pyridine rings is 1. The highest BCUT2D eigenvalue weighted by Crippen LogP contribution is 2.35. The van der Waals surface area contributed by atoms with E-state index >= 15 is 0 Å². The SMILES string of the molecule is COc1cnc(N2CC=CC(COC(=O)CC(C)(C)C(=O)O)=N2)c2[nH]cc(C(=O)C(=O)N3CCN(C(=O)c4ccccc4)[C@H](C)C3)c12. The summed E-state index contributed by atoms with van der Waals surface area (Å²) >= 11 is 0. The van der Waals surface area contributed by atoms with Crippen LogP contribution in [0.2, 0.25) is 0 Å². The number of hydrogen-bond acceptors (Lipinski definition) is 10. The summed E-state index contributed by atoms with van der Waals surface area (Å²) < 4.78 is 10.8. The Labute approximate surface area is 270 Å². The van der Waals surface area contributed by atoms with Crippen molar-refractivity contribution in [1.82, 2.24) is 19.8 Å². The average molecular weight is 645 g/mol. The van der Waals surface area contributed by atoms with E-state index in [2.05, 4.69) is 15.1 Å². The number of nitrogens with one attached hydrogen (secondary N) is 1. The van der Waals surface area contributed by atoms with E-state index < -0.39 is 29.0 Å². The first-order chi connectivity index (χ1) is 22.4. The molecule has 2 N–H and O–H groups in total. The molecule has 0 saturated carbocycles. The first-order valence-corrected chi connectivity index (χ1v) is 15.1. The van der Waals surface area contributed by atoms with E-state index in [9.17, 15) is 29.1 Å². The molecule has 1 aromatic carbocycles. The van der Waals surface area contributed by atoms with Crippen LogP contribution in [0, 0.1) is 5.41 Å². The lowest BCUT2D eigenvalue weighted by molar-refractivity contribution is -0.155. The number of carbonyl (C=O) groups excluding carboxylic acids is 4. The average Bonchev–Trinajstić information content (AvgIpc) is 3.51. The molecule has 1 fully saturated rings. The number of amides is 2. The van der Waals surface area contributed by atoms with Crippen molar-refractivity contribution in [2.75, 3.05) is 44.9 Å². The molecule has 1 saturated heterocycles. The lowest BCUT2D eigenvalue weighted by Gasteiger charge is -2.39. The Bertz CT molecular complexity index is 1780. The third-order valence-electron chi connectivity index (χ3n) is 8.14. The fraction of sp³-hybridized carbons (Fsp3) is 0.364. The number of carbonyl (C=O) groups is 5. The topological polar surface area (TPSA) is 175 Å². The van der Waals surface area contributed by atoms with Crippen LogP contribution in [0.1, 0.15) is 47.9 Å². The van der Waals surface area contributed by atoms with Gasteiger partial charge in [0.25, 0.3) is 17.6 Å². The van der Waals surface area contributed by atoms with Gasteiger partial charge < -0.3 is 29.4 Å². The van der Waals surface area contributed by atoms with Crippen molar-refractivity contribution in [2.24, 2.45) is 10.5 Å². The Morgan fingerprint density at radius 2 is 1.85 bits per heavy atom. The third-order valence-corrected chi connectivity index (χ3v) is 8.14. The van der Waals surface area contributed by atoms with Crippen LogP contribution in [-0.2, 0) is 19.1 Å². The van der Waals surface area contributed by atoms with Crippen LogP contribution in [0.4, 0.5) is 5.82 Å². The normalized spacial score (nSPS) is 16.6. The summed E-state index contributed by atoms with van der Waals surface area (Å²) in [5, 5.41) is 15.7. The van der Waals surface area contributed by atoms with E-state index in [1.165, 1.54) is 38.3 Å². The van der Waals surface area contributed by atoms with E-state index in [4.69, 9.17) is 9.47 Å². The number of carboxylic acids is 1. The minimum absolute atomic E-state index is 0.104. The second-order valence-corrected chi connectivity index (χ2v) is 12.0. The van der Waals surface area contributed by atoms with Crippen molar-refractivity contribution in [3.05, 3.63) is 66.0 Å². The van der Waals surface area contributed by atoms with Gasteiger partial charge in [0.1, 0.15) is 12.4 Å². The van der Waals surface area contributed by atoms with E-state index in [1.54, 1.807) is 46.3 Å². The minimum atomic E-state index is -1.27. The highest BCUT2D eigenvalue weighted by Gasteiger charge is 2.35. The quantitative estimate of drug-likeness (QED) is 0.190. The van der Waals surface area contributed by atoms with Gasteiger partial charge in [-0.25, -0.2) is 9.99 Å². The largest absolute Gasteiger partial charge is 0.494 e. The number of hydrazone groups is 1. The number of esters is 1. The maximum Gasteiger partial charge on any atom is 0.309 e. The van der Waals surface area contributed by atoms with Gasteiger partial charge in [-0.05, 0) is 39.0 Å². The number of carboxylic acid groups (broad SMARTS) is 1. The van der Waals surface area contributed by atoms with Gasteiger partial charge in [-0.3, -0.25) is 24.0 Å². The predicted octanol–water partition coefficient (Wildman–Crippen LogP) is 2.90. The number of anilines is 1. The number of hydrogen-bond donors (Lipinski definition) is 2. The van der Waals surface area contributed by atoms with Gasteiger partial charge in [-0.15, -0.1) is 0 Å². The number of aliphatic carboxylic acids is 1. The van der Waals surface area contributed by atoms with Gasteiger partial charge >= 0.3 is 11.9 Å². The van der Waals surface area contributed by atoms with Crippen molar-refractivity contribution in [1.29, 1.82) is 0 Å². The monoisotopic (exact) mass is 644 g/mol. The molecule has 47 heavy (non-hydrogen) atoms. The number of aromatic nitrogens is 2. The fourth-order valence-electron chi connectivity index (χ4n) is 5.45. The van der Waals surface area contributed by atoms with Crippen molar-refractivity contribution in [2.45, 2.75) is 33.2 Å². The first-order valence-electron chi connectivity index (χ1n) is 15.1. The molecule has 2 aromatic heterocycles. The highest BCUT2D eigenvalue weighted by molar-refractivity contribution is 6.45. The lowest BCUT2D eigenvalue weighted by atomic mass is 9.90. The number of nitrogens with zero attached hydrogens (tertiary/aromatic N) is 5. The Hall–Kier alpha value is -5.53. The zero-order chi connectivity index (χ0) is 33.9. The van der Waals surface area contributed by atoms with Crippen molar-refractivity contribution in [3.8, 4) is 5.75 Å². The molecular weight excluding hydrogens is 608 g/mol. The molecule has 0 unspecified atom stereocenters. The Morgan fingerprint density at radius 1 is 1.11 bits per heavy atom. The van der Waals surface area contributed by atoms with Gasteiger partial charge in [0.05, 0.1) is 53.9 Å². The van der Waals surface area contributed by atoms with Gasteiger partial charge in [0.2, 0.25) is 0 Å². The molecule has 14 nitrogen and oxygen atoms in total. The summed E-state index contributed by atoms with van der Waals surface area (Å²) in [7, 11) is 1.43. The molecule has 2 aliphatic heterocycles. The molecule has 1 atom stereocenters. The summed E-state index contributed by atoms with van der Waals surface area (Å²) in [6.45, 7) is 5.54. The second-order valence-electron chi connectivity index (χ2n) is 12.0. The third kappa shape index (κ3) is 6.86. The van der Waals surface area contributed by atoms with Crippen LogP contribution in [0.3, 0.4) is 0 Å². The number of piperazine rings is 1. The predicted molar refractivity (Wildman–Crippen MR) is 171 cm³/mol. The summed E-state index contributed by atoms with van der Waals surface area (Å²) in [5.41, 5.74) is 0.190. The van der Waals surface area contributed by atoms with E-state index in [1.807, 2.05) is 13.0 Å². The zero-order valence-electron chi connectivity index (χ0n) is 26.6. The second kappa shape index (κ2) is 13.4. The van der Waals surface area contributed by atoms with Crippen LogP contribution in [0.25, 0.3) is 10.9 Å². The molecule has 5 rings (SSSR count). The highest BCUT2D eigenvalue weighted by atomic mass is 16.5. The van der Waals surface area contributed by atoms with Crippen molar-refractivity contribution < 1.29 is 38.6 Å². The standard InChI is InChI=1S/C33H36N6O8/c1-20-18-37(13-14-38(20)30(42)21-9-6-5-7-10-21)31(43)28(41)23-16-34-27-26(23)24(46-4)17-35-29(27)39-12-8-11-22(36-39)19-47-25(40)15-33(2,3)32(44)45/h5-11,16-17,20,34H,12-15,18-19H2,1-4H3,(H,44,45)/t20-/m1/s1. The molecule has 0 bridgehead atoms. The minimum Gasteiger partial charge on any atom is -0.494 e. The van der Waals surface area contributed by atoms with E-state index in [0.717, 1.165) is 0 Å². The van der Waals surface area contributed by atoms with Crippen LogP contribution >= 0.6 is 0 Å². The van der Waals surface area contributed by atoms with Gasteiger partial charge in [-0.1, -0.05) is 24.3 Å². The number of aromatic amines is 1. The number of rotatable bonds is 10. The summed E-state index contributed by atoms with van der Waals surface area (Å²) in [6.07, 6.45) is 6.04.